The highest BCUT2D eigenvalue weighted by molar-refractivity contribution is 5.92. The van der Waals surface area contributed by atoms with Crippen molar-refractivity contribution in [1.29, 1.82) is 0 Å². The van der Waals surface area contributed by atoms with Crippen molar-refractivity contribution < 1.29 is 22.3 Å². The maximum absolute atomic E-state index is 15.2. The van der Waals surface area contributed by atoms with Gasteiger partial charge in [-0.15, -0.1) is 0 Å². The van der Waals surface area contributed by atoms with E-state index in [4.69, 9.17) is 9.72 Å². The summed E-state index contributed by atoms with van der Waals surface area (Å²) in [6.45, 7) is 2.13. The summed E-state index contributed by atoms with van der Waals surface area (Å²) in [5, 5.41) is 4.52. The highest BCUT2D eigenvalue weighted by Gasteiger charge is 2.33. The molecule has 0 amide bonds. The average Bonchev–Trinajstić information content (AvgIpc) is 3.62. The monoisotopic (exact) mass is 527 g/mol. The van der Waals surface area contributed by atoms with Gasteiger partial charge in [-0.1, -0.05) is 6.07 Å². The lowest BCUT2D eigenvalue weighted by Crippen LogP contribution is -2.23. The molecule has 0 spiro atoms. The van der Waals surface area contributed by atoms with Gasteiger partial charge >= 0.3 is 6.18 Å². The Kier molecular flexibility index (Phi) is 5.86. The molecule has 1 aromatic carbocycles. The van der Waals surface area contributed by atoms with Crippen LogP contribution in [0.15, 0.2) is 41.5 Å². The van der Waals surface area contributed by atoms with Crippen LogP contribution in [0, 0.1) is 12.7 Å². The van der Waals surface area contributed by atoms with Crippen LogP contribution in [0.3, 0.4) is 0 Å². The van der Waals surface area contributed by atoms with E-state index in [1.54, 1.807) is 13.0 Å². The van der Waals surface area contributed by atoms with E-state index in [0.29, 0.717) is 43.1 Å². The molecular formula is C27H25F4N5O2. The SMILES string of the molecule is Cc1nc2nc(C3CCOC(c4cnn(C5CC5)c4)C3)cc(-c3ccc(C(F)(F)F)cc3F)c2c(=O)n1C. The summed E-state index contributed by atoms with van der Waals surface area (Å²) in [5.41, 5.74) is 0.227. The van der Waals surface area contributed by atoms with Gasteiger partial charge in [-0.3, -0.25) is 14.0 Å². The van der Waals surface area contributed by atoms with Crippen molar-refractivity contribution in [3.8, 4) is 11.1 Å². The summed E-state index contributed by atoms with van der Waals surface area (Å²) in [6, 6.07) is 4.40. The van der Waals surface area contributed by atoms with Gasteiger partial charge < -0.3 is 4.74 Å². The van der Waals surface area contributed by atoms with Gasteiger partial charge in [0.25, 0.3) is 5.56 Å². The minimum absolute atomic E-state index is 0.0647. The summed E-state index contributed by atoms with van der Waals surface area (Å²) in [4.78, 5) is 22.4. The minimum atomic E-state index is -4.69. The van der Waals surface area contributed by atoms with Crippen molar-refractivity contribution >= 4 is 11.0 Å². The first-order valence-electron chi connectivity index (χ1n) is 12.5. The number of alkyl halides is 3. The molecule has 3 aromatic heterocycles. The van der Waals surface area contributed by atoms with Crippen LogP contribution in [0.1, 0.15) is 66.4 Å². The van der Waals surface area contributed by atoms with Crippen molar-refractivity contribution in [2.24, 2.45) is 7.05 Å². The molecule has 11 heteroatoms. The van der Waals surface area contributed by atoms with E-state index < -0.39 is 23.1 Å². The van der Waals surface area contributed by atoms with Crippen LogP contribution in [-0.4, -0.2) is 30.9 Å². The van der Waals surface area contributed by atoms with E-state index in [1.165, 1.54) is 11.6 Å². The molecule has 198 valence electrons. The molecule has 2 atom stereocenters. The molecule has 6 rings (SSSR count). The van der Waals surface area contributed by atoms with Gasteiger partial charge in [-0.05, 0) is 50.8 Å². The van der Waals surface area contributed by atoms with Crippen molar-refractivity contribution in [2.75, 3.05) is 6.61 Å². The lowest BCUT2D eigenvalue weighted by Gasteiger charge is -2.29. The predicted molar refractivity (Wildman–Crippen MR) is 131 cm³/mol. The highest BCUT2D eigenvalue weighted by Crippen LogP contribution is 2.41. The standard InChI is InChI=1S/C27H25F4N5O2/c1-14-33-25-24(26(37)35(14)2)20(19-6-3-17(10-21(19)28)27(29,30)31)11-22(34-25)15-7-8-38-23(9-15)16-12-32-36(13-16)18-4-5-18/h3,6,10-13,15,18,23H,4-5,7-9H2,1-2H3. The first-order chi connectivity index (χ1) is 18.1. The fraction of sp³-hybridized carbons (Fsp3) is 0.407. The van der Waals surface area contributed by atoms with E-state index in [-0.39, 0.29) is 34.2 Å². The molecule has 2 unspecified atom stereocenters. The molecule has 0 N–H and O–H groups in total. The van der Waals surface area contributed by atoms with Crippen LogP contribution in [-0.2, 0) is 18.0 Å². The zero-order chi connectivity index (χ0) is 26.8. The smallest absolute Gasteiger partial charge is 0.373 e. The molecule has 4 heterocycles. The van der Waals surface area contributed by atoms with E-state index in [0.717, 1.165) is 30.5 Å². The number of fused-ring (bicyclic) bond motifs is 1. The molecule has 38 heavy (non-hydrogen) atoms. The molecule has 1 saturated heterocycles. The first-order valence-corrected chi connectivity index (χ1v) is 12.5. The zero-order valence-electron chi connectivity index (χ0n) is 20.8. The van der Waals surface area contributed by atoms with Gasteiger partial charge in [-0.25, -0.2) is 14.4 Å². The Hall–Kier alpha value is -3.60. The molecule has 2 aliphatic rings. The Morgan fingerprint density at radius 1 is 1.08 bits per heavy atom. The third kappa shape index (κ3) is 4.38. The average molecular weight is 528 g/mol. The second kappa shape index (κ2) is 9.00. The molecule has 0 bridgehead atoms. The van der Waals surface area contributed by atoms with Crippen molar-refractivity contribution in [1.82, 2.24) is 24.3 Å². The number of pyridine rings is 1. The molecule has 2 fully saturated rings. The second-order valence-electron chi connectivity index (χ2n) is 10.1. The number of rotatable bonds is 4. The van der Waals surface area contributed by atoms with Gasteiger partial charge in [-0.2, -0.15) is 18.3 Å². The van der Waals surface area contributed by atoms with Crippen LogP contribution >= 0.6 is 0 Å². The molecule has 7 nitrogen and oxygen atoms in total. The van der Waals surface area contributed by atoms with E-state index in [1.807, 2.05) is 17.1 Å². The van der Waals surface area contributed by atoms with Crippen LogP contribution < -0.4 is 5.56 Å². The third-order valence-corrected chi connectivity index (χ3v) is 7.49. The molecular weight excluding hydrogens is 502 g/mol. The number of hydrogen-bond donors (Lipinski definition) is 0. The number of aryl methyl sites for hydroxylation is 1. The summed E-state index contributed by atoms with van der Waals surface area (Å²) < 4.78 is 64.0. The van der Waals surface area contributed by atoms with Crippen molar-refractivity contribution in [2.45, 2.75) is 56.8 Å². The molecule has 1 aliphatic carbocycles. The Balaban J connectivity index is 1.45. The fourth-order valence-electron chi connectivity index (χ4n) is 5.07. The second-order valence-corrected chi connectivity index (χ2v) is 10.1. The van der Waals surface area contributed by atoms with Crippen LogP contribution in [0.5, 0.6) is 0 Å². The lowest BCUT2D eigenvalue weighted by atomic mass is 9.88. The summed E-state index contributed by atoms with van der Waals surface area (Å²) in [6.07, 6.45) is 2.40. The zero-order valence-corrected chi connectivity index (χ0v) is 20.8. The van der Waals surface area contributed by atoms with Crippen LogP contribution in [0.4, 0.5) is 17.6 Å². The van der Waals surface area contributed by atoms with Gasteiger partial charge in [0, 0.05) is 48.2 Å². The van der Waals surface area contributed by atoms with Crippen LogP contribution in [0.2, 0.25) is 0 Å². The highest BCUT2D eigenvalue weighted by atomic mass is 19.4. The number of hydrogen-bond acceptors (Lipinski definition) is 5. The lowest BCUT2D eigenvalue weighted by molar-refractivity contribution is -0.137. The van der Waals surface area contributed by atoms with E-state index in [2.05, 4.69) is 10.1 Å². The Labute approximate surface area is 215 Å². The first kappa shape index (κ1) is 24.7. The number of aromatic nitrogens is 5. The quantitative estimate of drug-likeness (QED) is 0.322. The number of benzene rings is 1. The largest absolute Gasteiger partial charge is 0.416 e. The Morgan fingerprint density at radius 3 is 2.58 bits per heavy atom. The van der Waals surface area contributed by atoms with Gasteiger partial charge in [0.05, 0.1) is 29.3 Å². The van der Waals surface area contributed by atoms with Crippen molar-refractivity contribution in [3.63, 3.8) is 0 Å². The molecule has 1 aliphatic heterocycles. The normalized spacial score (nSPS) is 20.3. The molecule has 4 aromatic rings. The minimum Gasteiger partial charge on any atom is -0.373 e. The summed E-state index contributed by atoms with van der Waals surface area (Å²) in [5.74, 6) is -0.744. The Morgan fingerprint density at radius 2 is 1.87 bits per heavy atom. The maximum Gasteiger partial charge on any atom is 0.416 e. The Bertz CT molecular complexity index is 1610. The van der Waals surface area contributed by atoms with Crippen molar-refractivity contribution in [3.05, 3.63) is 75.5 Å². The summed E-state index contributed by atoms with van der Waals surface area (Å²) >= 11 is 0. The van der Waals surface area contributed by atoms with E-state index >= 15 is 4.39 Å². The molecule has 0 radical (unpaired) electrons. The van der Waals surface area contributed by atoms with Crippen LogP contribution in [0.25, 0.3) is 22.2 Å². The third-order valence-electron chi connectivity index (χ3n) is 7.49. The number of ether oxygens (including phenoxy) is 1. The number of nitrogens with zero attached hydrogens (tertiary/aromatic N) is 5. The van der Waals surface area contributed by atoms with Gasteiger partial charge in [0.15, 0.2) is 5.65 Å². The predicted octanol–water partition coefficient (Wildman–Crippen LogP) is 5.63. The number of halogens is 4. The maximum atomic E-state index is 15.2. The topological polar surface area (TPSA) is 74.8 Å². The van der Waals surface area contributed by atoms with Gasteiger partial charge in [0.2, 0.25) is 0 Å². The van der Waals surface area contributed by atoms with E-state index in [9.17, 15) is 18.0 Å². The summed E-state index contributed by atoms with van der Waals surface area (Å²) in [7, 11) is 1.54. The van der Waals surface area contributed by atoms with Gasteiger partial charge in [0.1, 0.15) is 11.6 Å². The molecule has 1 saturated carbocycles. The fourth-order valence-corrected chi connectivity index (χ4v) is 5.07.